The third kappa shape index (κ3) is 4.41. The molecule has 0 radical (unpaired) electrons. The van der Waals surface area contributed by atoms with Crippen molar-refractivity contribution in [1.29, 1.82) is 0 Å². The van der Waals surface area contributed by atoms with Crippen LogP contribution in [0.25, 0.3) is 11.0 Å². The van der Waals surface area contributed by atoms with E-state index in [4.69, 9.17) is 11.6 Å². The van der Waals surface area contributed by atoms with Crippen molar-refractivity contribution in [3.63, 3.8) is 0 Å². The smallest absolute Gasteiger partial charge is 0.410 e. The van der Waals surface area contributed by atoms with E-state index in [1.807, 2.05) is 0 Å². The summed E-state index contributed by atoms with van der Waals surface area (Å²) in [5.74, 6) is 0. The molecule has 0 saturated heterocycles. The number of benzene rings is 1. The van der Waals surface area contributed by atoms with E-state index in [0.29, 0.717) is 22.7 Å². The number of rotatable bonds is 5. The number of halogens is 4. The Labute approximate surface area is 196 Å². The predicted molar refractivity (Wildman–Crippen MR) is 120 cm³/mol. The van der Waals surface area contributed by atoms with E-state index in [9.17, 15) is 26.8 Å². The van der Waals surface area contributed by atoms with Gasteiger partial charge in [-0.2, -0.15) is 13.2 Å². The lowest BCUT2D eigenvalue weighted by Crippen LogP contribution is -2.18. The molecule has 0 saturated carbocycles. The van der Waals surface area contributed by atoms with Gasteiger partial charge in [0.1, 0.15) is 17.1 Å². The van der Waals surface area contributed by atoms with E-state index in [2.05, 4.69) is 24.8 Å². The second-order valence-electron chi connectivity index (χ2n) is 7.18. The lowest BCUT2D eigenvalue weighted by atomic mass is 10.0. The molecule has 1 aromatic carbocycles. The Bertz CT molecular complexity index is 1530. The van der Waals surface area contributed by atoms with Crippen LogP contribution in [0.15, 0.2) is 65.0 Å². The van der Waals surface area contributed by atoms with Gasteiger partial charge in [-0.15, -0.1) is 0 Å². The molecule has 0 spiro atoms. The van der Waals surface area contributed by atoms with Crippen molar-refractivity contribution < 1.29 is 26.8 Å². The Hall–Kier alpha value is -3.64. The standard InChI is InChI=1S/C21H15ClF3N5O3S/c1-11-2-3-13(9-16(11)21(23,24)25)34(32,33)30-17-8-12(22)10-28-19(17)18(29-31)14-4-6-26-20-15(14)5-7-27-20/h2-10,30-31H,1H3,(H,26,27). The van der Waals surface area contributed by atoms with E-state index >= 15 is 0 Å². The van der Waals surface area contributed by atoms with Crippen molar-refractivity contribution in [1.82, 2.24) is 15.0 Å². The van der Waals surface area contributed by atoms with Crippen LogP contribution in [0.5, 0.6) is 0 Å². The lowest BCUT2D eigenvalue weighted by molar-refractivity contribution is -0.138. The molecule has 34 heavy (non-hydrogen) atoms. The molecule has 0 unspecified atom stereocenters. The summed E-state index contributed by atoms with van der Waals surface area (Å²) in [6.45, 7) is 1.23. The second kappa shape index (κ2) is 8.61. The third-order valence-electron chi connectivity index (χ3n) is 4.96. The molecule has 0 bridgehead atoms. The van der Waals surface area contributed by atoms with Gasteiger partial charge in [0.25, 0.3) is 10.0 Å². The van der Waals surface area contributed by atoms with Gasteiger partial charge in [-0.1, -0.05) is 22.8 Å². The number of alkyl halides is 3. The number of hydrogen-bond acceptors (Lipinski definition) is 6. The number of oxime groups is 1. The van der Waals surface area contributed by atoms with Crippen LogP contribution in [-0.4, -0.2) is 34.3 Å². The summed E-state index contributed by atoms with van der Waals surface area (Å²) in [7, 11) is -4.51. The Morgan fingerprint density at radius 2 is 1.94 bits per heavy atom. The Kier molecular flexibility index (Phi) is 5.96. The molecule has 4 aromatic rings. The number of hydrogen-bond donors (Lipinski definition) is 3. The van der Waals surface area contributed by atoms with E-state index < -0.39 is 26.7 Å². The first-order valence-corrected chi connectivity index (χ1v) is 11.4. The van der Waals surface area contributed by atoms with E-state index in [-0.39, 0.29) is 27.7 Å². The van der Waals surface area contributed by atoms with Crippen LogP contribution >= 0.6 is 11.6 Å². The van der Waals surface area contributed by atoms with Gasteiger partial charge in [0.15, 0.2) is 0 Å². The van der Waals surface area contributed by atoms with Gasteiger partial charge in [-0.05, 0) is 42.8 Å². The number of nitrogens with one attached hydrogen (secondary N) is 2. The topological polar surface area (TPSA) is 120 Å². The number of aromatic amines is 1. The first kappa shape index (κ1) is 23.5. The summed E-state index contributed by atoms with van der Waals surface area (Å²) in [5.41, 5.74) is -0.764. The largest absolute Gasteiger partial charge is 0.416 e. The van der Waals surface area contributed by atoms with E-state index in [1.54, 1.807) is 12.3 Å². The zero-order valence-electron chi connectivity index (χ0n) is 17.2. The lowest BCUT2D eigenvalue weighted by Gasteiger charge is -2.15. The normalized spacial score (nSPS) is 12.8. The van der Waals surface area contributed by atoms with Crippen molar-refractivity contribution in [2.75, 3.05) is 4.72 Å². The molecule has 176 valence electrons. The van der Waals surface area contributed by atoms with Crippen LogP contribution in [0.2, 0.25) is 5.02 Å². The summed E-state index contributed by atoms with van der Waals surface area (Å²) in [4.78, 5) is 10.5. The van der Waals surface area contributed by atoms with Crippen molar-refractivity contribution >= 4 is 44.1 Å². The number of aryl methyl sites for hydroxylation is 1. The van der Waals surface area contributed by atoms with Crippen LogP contribution in [0, 0.1) is 6.92 Å². The highest BCUT2D eigenvalue weighted by Crippen LogP contribution is 2.34. The maximum atomic E-state index is 13.3. The molecule has 0 atom stereocenters. The Balaban J connectivity index is 1.81. The minimum Gasteiger partial charge on any atom is -0.410 e. The molecule has 3 heterocycles. The maximum Gasteiger partial charge on any atom is 0.416 e. The second-order valence-corrected chi connectivity index (χ2v) is 9.30. The number of aromatic nitrogens is 3. The quantitative estimate of drug-likeness (QED) is 0.199. The molecule has 0 amide bonds. The third-order valence-corrected chi connectivity index (χ3v) is 6.53. The zero-order chi connectivity index (χ0) is 24.7. The van der Waals surface area contributed by atoms with E-state index in [0.717, 1.165) is 12.1 Å². The minimum absolute atomic E-state index is 0.0418. The number of sulfonamides is 1. The van der Waals surface area contributed by atoms with Gasteiger partial charge < -0.3 is 10.2 Å². The summed E-state index contributed by atoms with van der Waals surface area (Å²) < 4.78 is 68.1. The summed E-state index contributed by atoms with van der Waals surface area (Å²) in [5, 5.41) is 13.7. The van der Waals surface area contributed by atoms with Crippen molar-refractivity contribution in [2.45, 2.75) is 18.0 Å². The van der Waals surface area contributed by atoms with Gasteiger partial charge in [0.2, 0.25) is 0 Å². The highest BCUT2D eigenvalue weighted by atomic mass is 35.5. The highest BCUT2D eigenvalue weighted by molar-refractivity contribution is 7.92. The molecule has 3 N–H and O–H groups in total. The number of H-pyrrole nitrogens is 1. The molecular formula is C21H15ClF3N5O3S. The zero-order valence-corrected chi connectivity index (χ0v) is 18.8. The van der Waals surface area contributed by atoms with Crippen LogP contribution in [-0.2, 0) is 16.2 Å². The highest BCUT2D eigenvalue weighted by Gasteiger charge is 2.34. The number of fused-ring (bicyclic) bond motifs is 1. The molecule has 13 heteroatoms. The average Bonchev–Trinajstić information content (AvgIpc) is 3.24. The predicted octanol–water partition coefficient (Wildman–Crippen LogP) is 4.97. The summed E-state index contributed by atoms with van der Waals surface area (Å²) >= 11 is 6.01. The Morgan fingerprint density at radius 3 is 2.65 bits per heavy atom. The Morgan fingerprint density at radius 1 is 1.18 bits per heavy atom. The van der Waals surface area contributed by atoms with Crippen molar-refractivity contribution in [2.24, 2.45) is 5.16 Å². The number of anilines is 1. The van der Waals surface area contributed by atoms with Crippen LogP contribution in [0.4, 0.5) is 18.9 Å². The van der Waals surface area contributed by atoms with Crippen molar-refractivity contribution in [3.8, 4) is 0 Å². The van der Waals surface area contributed by atoms with Gasteiger partial charge in [0.05, 0.1) is 21.2 Å². The minimum atomic E-state index is -4.74. The van der Waals surface area contributed by atoms with Gasteiger partial charge in [-0.25, -0.2) is 13.4 Å². The monoisotopic (exact) mass is 509 g/mol. The van der Waals surface area contributed by atoms with Gasteiger partial charge in [-0.3, -0.25) is 9.71 Å². The van der Waals surface area contributed by atoms with E-state index in [1.165, 1.54) is 31.5 Å². The fourth-order valence-electron chi connectivity index (χ4n) is 3.38. The van der Waals surface area contributed by atoms with Crippen molar-refractivity contribution in [3.05, 3.63) is 82.4 Å². The molecule has 0 aliphatic rings. The molecule has 4 rings (SSSR count). The molecule has 0 aliphatic heterocycles. The molecule has 8 nitrogen and oxygen atoms in total. The van der Waals surface area contributed by atoms with Gasteiger partial charge >= 0.3 is 6.18 Å². The first-order chi connectivity index (χ1) is 16.0. The van der Waals surface area contributed by atoms with Gasteiger partial charge in [0, 0.05) is 29.5 Å². The van der Waals surface area contributed by atoms with Crippen LogP contribution < -0.4 is 4.72 Å². The molecular weight excluding hydrogens is 495 g/mol. The average molecular weight is 510 g/mol. The molecule has 3 aromatic heterocycles. The first-order valence-electron chi connectivity index (χ1n) is 9.52. The maximum absolute atomic E-state index is 13.3. The fraction of sp³-hybridized carbons (Fsp3) is 0.0952. The molecule has 0 aliphatic carbocycles. The fourth-order valence-corrected chi connectivity index (χ4v) is 4.62. The number of pyridine rings is 2. The van der Waals surface area contributed by atoms with Crippen LogP contribution in [0.1, 0.15) is 22.4 Å². The summed E-state index contributed by atoms with van der Waals surface area (Å²) in [6.07, 6.45) is -0.462. The number of nitrogens with zero attached hydrogens (tertiary/aromatic N) is 3. The SMILES string of the molecule is Cc1ccc(S(=O)(=O)Nc2cc(Cl)cnc2C(=NO)c2ccnc3[nH]ccc23)cc1C(F)(F)F. The van der Waals surface area contributed by atoms with Crippen LogP contribution in [0.3, 0.4) is 0 Å². The molecule has 0 fully saturated rings. The summed E-state index contributed by atoms with van der Waals surface area (Å²) in [6, 6.07) is 7.08.